The van der Waals surface area contributed by atoms with Crippen molar-refractivity contribution in [3.8, 4) is 5.75 Å². The van der Waals surface area contributed by atoms with Crippen molar-refractivity contribution in [1.29, 1.82) is 0 Å². The smallest absolute Gasteiger partial charge is 0.339 e. The van der Waals surface area contributed by atoms with E-state index < -0.39 is 0 Å². The summed E-state index contributed by atoms with van der Waals surface area (Å²) in [6.45, 7) is 6.10. The number of anilines is 2. The van der Waals surface area contributed by atoms with E-state index in [4.69, 9.17) is 4.74 Å². The molecule has 136 valence electrons. The molecule has 0 radical (unpaired) electrons. The number of carbonyl (C=O) groups is 1. The van der Waals surface area contributed by atoms with Gasteiger partial charge in [0.05, 0.1) is 0 Å². The summed E-state index contributed by atoms with van der Waals surface area (Å²) < 4.78 is 5.62. The summed E-state index contributed by atoms with van der Waals surface area (Å²) >= 11 is 0. The minimum Gasteiger partial charge on any atom is -0.423 e. The molecule has 1 aliphatic heterocycles. The van der Waals surface area contributed by atoms with Gasteiger partial charge in [-0.3, -0.25) is 0 Å². The molecule has 0 fully saturated rings. The van der Waals surface area contributed by atoms with Crippen LogP contribution < -0.4 is 14.5 Å². The molecule has 0 saturated carbocycles. The summed E-state index contributed by atoms with van der Waals surface area (Å²) in [4.78, 5) is 16.7. The summed E-state index contributed by atoms with van der Waals surface area (Å²) in [6.07, 6.45) is 2.52. The number of ether oxygens (including phenoxy) is 1. The van der Waals surface area contributed by atoms with Gasteiger partial charge in [-0.2, -0.15) is 0 Å². The Hall–Kier alpha value is -2.75. The Balaban J connectivity index is 1.84. The van der Waals surface area contributed by atoms with Crippen LogP contribution in [0.1, 0.15) is 25.0 Å². The summed E-state index contributed by atoms with van der Waals surface area (Å²) in [6, 6.07) is 14.3. The van der Waals surface area contributed by atoms with Gasteiger partial charge in [0.25, 0.3) is 0 Å². The van der Waals surface area contributed by atoms with Crippen molar-refractivity contribution in [3.05, 3.63) is 59.2 Å². The van der Waals surface area contributed by atoms with E-state index in [1.165, 1.54) is 0 Å². The first-order valence-electron chi connectivity index (χ1n) is 9.09. The molecule has 0 spiro atoms. The zero-order valence-corrected chi connectivity index (χ0v) is 16.0. The van der Waals surface area contributed by atoms with E-state index in [-0.39, 0.29) is 5.97 Å². The van der Waals surface area contributed by atoms with Crippen molar-refractivity contribution in [2.45, 2.75) is 20.3 Å². The number of rotatable bonds is 5. The Morgan fingerprint density at radius 2 is 1.65 bits per heavy atom. The van der Waals surface area contributed by atoms with E-state index in [9.17, 15) is 4.79 Å². The number of hydrogen-bond donors (Lipinski definition) is 0. The Bertz CT molecular complexity index is 819. The van der Waals surface area contributed by atoms with E-state index in [0.717, 1.165) is 35.6 Å². The zero-order valence-electron chi connectivity index (χ0n) is 16.0. The fourth-order valence-corrected chi connectivity index (χ4v) is 3.19. The molecule has 0 saturated heterocycles. The largest absolute Gasteiger partial charge is 0.423 e. The van der Waals surface area contributed by atoms with Gasteiger partial charge in [0.2, 0.25) is 0 Å². The molecule has 1 heterocycles. The Kier molecular flexibility index (Phi) is 5.31. The van der Waals surface area contributed by atoms with Crippen LogP contribution in [0, 0.1) is 0 Å². The topological polar surface area (TPSA) is 32.8 Å². The van der Waals surface area contributed by atoms with Crippen LogP contribution >= 0.6 is 0 Å². The van der Waals surface area contributed by atoms with E-state index in [1.54, 1.807) is 0 Å². The third-order valence-corrected chi connectivity index (χ3v) is 4.78. The number of nitrogens with zero attached hydrogens (tertiary/aromatic N) is 2. The predicted octanol–water partition coefficient (Wildman–Crippen LogP) is 4.14. The zero-order chi connectivity index (χ0) is 18.7. The fraction of sp³-hybridized carbons (Fsp3) is 0.318. The predicted molar refractivity (Wildman–Crippen MR) is 108 cm³/mol. The molecule has 2 aromatic rings. The van der Waals surface area contributed by atoms with E-state index in [0.29, 0.717) is 17.7 Å². The minimum absolute atomic E-state index is 0.258. The van der Waals surface area contributed by atoms with Crippen molar-refractivity contribution < 1.29 is 9.53 Å². The monoisotopic (exact) mass is 350 g/mol. The molecule has 0 aromatic heterocycles. The van der Waals surface area contributed by atoms with Gasteiger partial charge in [0, 0.05) is 56.6 Å². The molecule has 26 heavy (non-hydrogen) atoms. The van der Waals surface area contributed by atoms with Crippen LogP contribution in [0.5, 0.6) is 5.75 Å². The van der Waals surface area contributed by atoms with Gasteiger partial charge in [0.15, 0.2) is 0 Å². The van der Waals surface area contributed by atoms with E-state index >= 15 is 0 Å². The third-order valence-electron chi connectivity index (χ3n) is 4.78. The number of benzene rings is 2. The van der Waals surface area contributed by atoms with Crippen LogP contribution in [0.4, 0.5) is 11.4 Å². The molecule has 1 aliphatic rings. The first kappa shape index (κ1) is 18.1. The first-order chi connectivity index (χ1) is 12.5. The minimum atomic E-state index is -0.258. The number of esters is 1. The molecule has 0 N–H and O–H groups in total. The van der Waals surface area contributed by atoms with Gasteiger partial charge in [-0.25, -0.2) is 4.79 Å². The molecule has 4 nitrogen and oxygen atoms in total. The summed E-state index contributed by atoms with van der Waals surface area (Å²) in [7, 11) is 4.02. The van der Waals surface area contributed by atoms with E-state index in [1.807, 2.05) is 50.5 Å². The second kappa shape index (κ2) is 7.65. The first-order valence-corrected chi connectivity index (χ1v) is 9.09. The molecule has 4 heteroatoms. The lowest BCUT2D eigenvalue weighted by Gasteiger charge is -2.24. The lowest BCUT2D eigenvalue weighted by atomic mass is 9.98. The Morgan fingerprint density at radius 3 is 2.27 bits per heavy atom. The second-order valence-corrected chi connectivity index (χ2v) is 6.69. The normalized spacial score (nSPS) is 14.8. The van der Waals surface area contributed by atoms with Gasteiger partial charge in [-0.05, 0) is 49.2 Å². The van der Waals surface area contributed by atoms with E-state index in [2.05, 4.69) is 35.8 Å². The highest BCUT2D eigenvalue weighted by atomic mass is 16.5. The van der Waals surface area contributed by atoms with Crippen molar-refractivity contribution >= 4 is 23.4 Å². The SMILES string of the molecule is CCN(CC)c1ccc2c(c1)OC(=O)C(=Cc1ccc(N(C)C)cc1)C2. The number of carbonyl (C=O) groups excluding carboxylic acids is 1. The average molecular weight is 350 g/mol. The number of hydrogen-bond acceptors (Lipinski definition) is 4. The number of fused-ring (bicyclic) bond motifs is 1. The molecule has 0 atom stereocenters. The quantitative estimate of drug-likeness (QED) is 0.461. The standard InChI is InChI=1S/C22H26N2O2/c1-5-24(6-2)20-12-9-17-14-18(22(25)26-21(17)15-20)13-16-7-10-19(11-8-16)23(3)4/h7-13,15H,5-6,14H2,1-4H3. The molecular formula is C22H26N2O2. The van der Waals surface area contributed by atoms with Crippen LogP contribution in [0.15, 0.2) is 48.0 Å². The van der Waals surface area contributed by atoms with Gasteiger partial charge >= 0.3 is 5.97 Å². The van der Waals surface area contributed by atoms with Gasteiger partial charge in [-0.15, -0.1) is 0 Å². The molecule has 3 rings (SSSR count). The maximum Gasteiger partial charge on any atom is 0.339 e. The third kappa shape index (κ3) is 3.74. The van der Waals surface area contributed by atoms with Crippen LogP contribution in [-0.2, 0) is 11.2 Å². The second-order valence-electron chi connectivity index (χ2n) is 6.69. The molecule has 0 bridgehead atoms. The van der Waals surface area contributed by atoms with Crippen LogP contribution in [0.3, 0.4) is 0 Å². The van der Waals surface area contributed by atoms with Gasteiger partial charge in [-0.1, -0.05) is 18.2 Å². The van der Waals surface area contributed by atoms with Gasteiger partial charge < -0.3 is 14.5 Å². The molecule has 0 aliphatic carbocycles. The van der Waals surface area contributed by atoms with Crippen LogP contribution in [0.25, 0.3) is 6.08 Å². The molecule has 0 unspecified atom stereocenters. The van der Waals surface area contributed by atoms with Crippen molar-refractivity contribution in [1.82, 2.24) is 0 Å². The lowest BCUT2D eigenvalue weighted by molar-refractivity contribution is -0.130. The van der Waals surface area contributed by atoms with Crippen molar-refractivity contribution in [2.24, 2.45) is 0 Å². The van der Waals surface area contributed by atoms with Crippen LogP contribution in [0.2, 0.25) is 0 Å². The summed E-state index contributed by atoms with van der Waals surface area (Å²) in [5.41, 5.74) is 4.97. The molecule has 0 amide bonds. The van der Waals surface area contributed by atoms with Gasteiger partial charge in [0.1, 0.15) is 5.75 Å². The van der Waals surface area contributed by atoms with Crippen molar-refractivity contribution in [3.63, 3.8) is 0 Å². The maximum absolute atomic E-state index is 12.4. The highest BCUT2D eigenvalue weighted by Gasteiger charge is 2.23. The maximum atomic E-state index is 12.4. The molecular weight excluding hydrogens is 324 g/mol. The highest BCUT2D eigenvalue weighted by Crippen LogP contribution is 2.32. The Morgan fingerprint density at radius 1 is 1.00 bits per heavy atom. The van der Waals surface area contributed by atoms with Crippen molar-refractivity contribution in [2.75, 3.05) is 37.0 Å². The fourth-order valence-electron chi connectivity index (χ4n) is 3.19. The highest BCUT2D eigenvalue weighted by molar-refractivity contribution is 5.97. The molecule has 2 aromatic carbocycles. The van der Waals surface area contributed by atoms with Crippen LogP contribution in [-0.4, -0.2) is 33.2 Å². The average Bonchev–Trinajstić information content (AvgIpc) is 2.64. The summed E-state index contributed by atoms with van der Waals surface area (Å²) in [5, 5.41) is 0. The Labute approximate surface area is 155 Å². The summed E-state index contributed by atoms with van der Waals surface area (Å²) in [5.74, 6) is 0.422. The lowest BCUT2D eigenvalue weighted by Crippen LogP contribution is -2.23.